The van der Waals surface area contributed by atoms with Gasteiger partial charge in [-0.3, -0.25) is 4.79 Å². The molecule has 6 heteroatoms. The summed E-state index contributed by atoms with van der Waals surface area (Å²) in [5.41, 5.74) is 5.13. The maximum absolute atomic E-state index is 12.6. The number of fused-ring (bicyclic) bond motifs is 1. The van der Waals surface area contributed by atoms with Crippen molar-refractivity contribution >= 4 is 22.8 Å². The van der Waals surface area contributed by atoms with Crippen LogP contribution in [0.3, 0.4) is 0 Å². The first-order valence-electron chi connectivity index (χ1n) is 10.2. The Morgan fingerprint density at radius 1 is 0.844 bits per heavy atom. The second-order valence-corrected chi connectivity index (χ2v) is 7.23. The number of anilines is 1. The average molecular weight is 420 g/mol. The standard InChI is InChI=1S/C26H20N4O2/c31-24(17-32-20-14-12-19(13-15-20)18-7-2-1-3-8-18)28-22-10-5-4-9-21(22)25-29-23-11-6-16-27-26(23)30-25/h1-16H,17H2,(H,28,31)(H,27,29,30). The minimum Gasteiger partial charge on any atom is -0.484 e. The zero-order valence-corrected chi connectivity index (χ0v) is 17.2. The van der Waals surface area contributed by atoms with Crippen LogP contribution in [-0.4, -0.2) is 27.5 Å². The third-order valence-electron chi connectivity index (χ3n) is 5.05. The predicted molar refractivity (Wildman–Crippen MR) is 125 cm³/mol. The molecule has 1 amide bonds. The summed E-state index contributed by atoms with van der Waals surface area (Å²) in [6.45, 7) is -0.0965. The number of carbonyl (C=O) groups excluding carboxylic acids is 1. The van der Waals surface area contributed by atoms with Crippen molar-refractivity contribution < 1.29 is 9.53 Å². The Bertz CT molecular complexity index is 1330. The van der Waals surface area contributed by atoms with Gasteiger partial charge in [0.25, 0.3) is 5.91 Å². The van der Waals surface area contributed by atoms with E-state index in [2.05, 4.69) is 32.4 Å². The molecule has 2 heterocycles. The van der Waals surface area contributed by atoms with E-state index < -0.39 is 0 Å². The quantitative estimate of drug-likeness (QED) is 0.390. The lowest BCUT2D eigenvalue weighted by atomic mass is 10.1. The summed E-state index contributed by atoms with van der Waals surface area (Å²) in [6, 6.07) is 29.1. The van der Waals surface area contributed by atoms with Crippen LogP contribution in [0.5, 0.6) is 5.75 Å². The molecule has 0 saturated heterocycles. The number of hydrogen-bond acceptors (Lipinski definition) is 4. The van der Waals surface area contributed by atoms with Gasteiger partial charge in [0.1, 0.15) is 11.6 Å². The van der Waals surface area contributed by atoms with E-state index in [4.69, 9.17) is 4.74 Å². The van der Waals surface area contributed by atoms with Gasteiger partial charge in [-0.1, -0.05) is 54.6 Å². The molecule has 0 aliphatic heterocycles. The van der Waals surface area contributed by atoms with E-state index >= 15 is 0 Å². The first kappa shape index (κ1) is 19.5. The van der Waals surface area contributed by atoms with Gasteiger partial charge in [-0.25, -0.2) is 9.97 Å². The summed E-state index contributed by atoms with van der Waals surface area (Å²) < 4.78 is 5.68. The third-order valence-corrected chi connectivity index (χ3v) is 5.05. The van der Waals surface area contributed by atoms with Gasteiger partial charge in [-0.15, -0.1) is 0 Å². The number of para-hydroxylation sites is 1. The highest BCUT2D eigenvalue weighted by molar-refractivity contribution is 5.96. The van der Waals surface area contributed by atoms with Crippen molar-refractivity contribution in [3.8, 4) is 28.3 Å². The van der Waals surface area contributed by atoms with Gasteiger partial charge in [0, 0.05) is 11.8 Å². The van der Waals surface area contributed by atoms with Crippen molar-refractivity contribution in [2.24, 2.45) is 0 Å². The molecule has 156 valence electrons. The number of imidazole rings is 1. The normalized spacial score (nSPS) is 10.8. The van der Waals surface area contributed by atoms with E-state index in [1.165, 1.54) is 0 Å². The summed E-state index contributed by atoms with van der Waals surface area (Å²) in [6.07, 6.45) is 1.70. The minimum absolute atomic E-state index is 0.0965. The molecule has 0 fully saturated rings. The Kier molecular flexibility index (Phi) is 5.32. The van der Waals surface area contributed by atoms with Crippen molar-refractivity contribution in [2.45, 2.75) is 0 Å². The highest BCUT2D eigenvalue weighted by atomic mass is 16.5. The number of rotatable bonds is 6. The number of aromatic amines is 1. The summed E-state index contributed by atoms with van der Waals surface area (Å²) in [7, 11) is 0. The zero-order valence-electron chi connectivity index (χ0n) is 17.2. The predicted octanol–water partition coefficient (Wildman–Crippen LogP) is 5.31. The van der Waals surface area contributed by atoms with Gasteiger partial charge in [0.15, 0.2) is 12.3 Å². The number of ether oxygens (including phenoxy) is 1. The van der Waals surface area contributed by atoms with E-state index in [0.717, 1.165) is 22.2 Å². The van der Waals surface area contributed by atoms with E-state index in [1.54, 1.807) is 6.20 Å². The van der Waals surface area contributed by atoms with Crippen LogP contribution >= 0.6 is 0 Å². The van der Waals surface area contributed by atoms with Crippen LogP contribution in [0.4, 0.5) is 5.69 Å². The minimum atomic E-state index is -0.251. The number of carbonyl (C=O) groups is 1. The Morgan fingerprint density at radius 3 is 2.41 bits per heavy atom. The number of H-pyrrole nitrogens is 1. The Morgan fingerprint density at radius 2 is 1.59 bits per heavy atom. The molecule has 0 spiro atoms. The fraction of sp³-hybridized carbons (Fsp3) is 0.0385. The maximum Gasteiger partial charge on any atom is 0.262 e. The highest BCUT2D eigenvalue weighted by Crippen LogP contribution is 2.27. The molecular weight excluding hydrogens is 400 g/mol. The van der Waals surface area contributed by atoms with Gasteiger partial charge in [-0.2, -0.15) is 0 Å². The Balaban J connectivity index is 1.26. The van der Waals surface area contributed by atoms with Crippen molar-refractivity contribution in [3.63, 3.8) is 0 Å². The van der Waals surface area contributed by atoms with Crippen LogP contribution in [0.1, 0.15) is 0 Å². The molecule has 0 saturated carbocycles. The fourth-order valence-electron chi connectivity index (χ4n) is 3.48. The Labute approximate surface area is 184 Å². The van der Waals surface area contributed by atoms with Gasteiger partial charge >= 0.3 is 0 Å². The maximum atomic E-state index is 12.6. The number of aromatic nitrogens is 3. The van der Waals surface area contributed by atoms with Crippen LogP contribution < -0.4 is 10.1 Å². The molecule has 0 unspecified atom stereocenters. The smallest absolute Gasteiger partial charge is 0.262 e. The lowest BCUT2D eigenvalue weighted by Gasteiger charge is -2.11. The van der Waals surface area contributed by atoms with Crippen LogP contribution in [0.15, 0.2) is 97.2 Å². The topological polar surface area (TPSA) is 79.9 Å². The second-order valence-electron chi connectivity index (χ2n) is 7.23. The zero-order chi connectivity index (χ0) is 21.8. The van der Waals surface area contributed by atoms with Crippen molar-refractivity contribution in [2.75, 3.05) is 11.9 Å². The van der Waals surface area contributed by atoms with E-state index in [1.807, 2.05) is 78.9 Å². The lowest BCUT2D eigenvalue weighted by molar-refractivity contribution is -0.118. The molecular formula is C26H20N4O2. The van der Waals surface area contributed by atoms with E-state index in [9.17, 15) is 4.79 Å². The SMILES string of the molecule is O=C(COc1ccc(-c2ccccc2)cc1)Nc1ccccc1-c1nc2ncccc2[nH]1. The van der Waals surface area contributed by atoms with Gasteiger partial charge in [0.2, 0.25) is 0 Å². The third kappa shape index (κ3) is 4.20. The van der Waals surface area contributed by atoms with Crippen LogP contribution in [0.25, 0.3) is 33.7 Å². The van der Waals surface area contributed by atoms with Crippen LogP contribution in [0.2, 0.25) is 0 Å². The monoisotopic (exact) mass is 420 g/mol. The van der Waals surface area contributed by atoms with Gasteiger partial charge < -0.3 is 15.0 Å². The van der Waals surface area contributed by atoms with Crippen molar-refractivity contribution in [1.29, 1.82) is 0 Å². The fourth-order valence-corrected chi connectivity index (χ4v) is 3.48. The molecule has 5 rings (SSSR count). The summed E-state index contributed by atoms with van der Waals surface area (Å²) in [4.78, 5) is 24.6. The average Bonchev–Trinajstić information content (AvgIpc) is 3.28. The van der Waals surface area contributed by atoms with Gasteiger partial charge in [-0.05, 0) is 47.5 Å². The molecule has 6 nitrogen and oxygen atoms in total. The molecule has 0 bridgehead atoms. The summed E-state index contributed by atoms with van der Waals surface area (Å²) >= 11 is 0. The summed E-state index contributed by atoms with van der Waals surface area (Å²) in [5, 5.41) is 2.92. The highest BCUT2D eigenvalue weighted by Gasteiger charge is 2.12. The van der Waals surface area contributed by atoms with Crippen molar-refractivity contribution in [1.82, 2.24) is 15.0 Å². The molecule has 0 aliphatic carbocycles. The number of hydrogen-bond donors (Lipinski definition) is 2. The molecule has 0 atom stereocenters. The molecule has 5 aromatic rings. The number of amides is 1. The summed E-state index contributed by atoms with van der Waals surface area (Å²) in [5.74, 6) is 1.03. The molecule has 2 N–H and O–H groups in total. The Hall–Kier alpha value is -4.45. The first-order valence-corrected chi connectivity index (χ1v) is 10.2. The van der Waals surface area contributed by atoms with E-state index in [0.29, 0.717) is 22.9 Å². The van der Waals surface area contributed by atoms with Crippen LogP contribution in [-0.2, 0) is 4.79 Å². The van der Waals surface area contributed by atoms with Gasteiger partial charge in [0.05, 0.1) is 11.2 Å². The molecule has 0 radical (unpaired) electrons. The number of nitrogens with zero attached hydrogens (tertiary/aromatic N) is 2. The molecule has 0 aliphatic rings. The lowest BCUT2D eigenvalue weighted by Crippen LogP contribution is -2.20. The van der Waals surface area contributed by atoms with Crippen molar-refractivity contribution in [3.05, 3.63) is 97.2 Å². The largest absolute Gasteiger partial charge is 0.484 e. The molecule has 32 heavy (non-hydrogen) atoms. The first-order chi connectivity index (χ1) is 15.8. The van der Waals surface area contributed by atoms with E-state index in [-0.39, 0.29) is 12.5 Å². The number of benzene rings is 3. The number of nitrogens with one attached hydrogen (secondary N) is 2. The molecule has 2 aromatic heterocycles. The van der Waals surface area contributed by atoms with Crippen LogP contribution in [0, 0.1) is 0 Å². The second kappa shape index (κ2) is 8.73. The molecule has 3 aromatic carbocycles. The number of pyridine rings is 1.